The molecule has 0 aliphatic carbocycles. The zero-order chi connectivity index (χ0) is 21.7. The molecular formula is C20H29N5O4S. The van der Waals surface area contributed by atoms with E-state index in [-0.39, 0.29) is 16.7 Å². The van der Waals surface area contributed by atoms with Gasteiger partial charge in [0.1, 0.15) is 0 Å². The molecule has 164 valence electrons. The molecule has 1 atom stereocenters. The Morgan fingerprint density at radius 3 is 2.63 bits per heavy atom. The maximum Gasteiger partial charge on any atom is 0.308 e. The number of piperidine rings is 1. The second-order valence-electron chi connectivity index (χ2n) is 7.57. The number of carbonyl (C=O) groups is 1. The van der Waals surface area contributed by atoms with Gasteiger partial charge in [-0.1, -0.05) is 13.3 Å². The smallest absolute Gasteiger partial charge is 0.308 e. The van der Waals surface area contributed by atoms with Crippen LogP contribution in [-0.4, -0.2) is 73.5 Å². The average molecular weight is 436 g/mol. The van der Waals surface area contributed by atoms with Crippen molar-refractivity contribution in [1.29, 1.82) is 0 Å². The second-order valence-corrected chi connectivity index (χ2v) is 9.73. The van der Waals surface area contributed by atoms with Gasteiger partial charge in [-0.2, -0.15) is 0 Å². The highest BCUT2D eigenvalue weighted by atomic mass is 32.2. The van der Waals surface area contributed by atoms with Gasteiger partial charge < -0.3 is 9.73 Å². The number of aromatic nitrogens is 2. The number of hydrogen-bond acceptors (Lipinski definition) is 7. The number of carbonyl (C=O) groups excluding carboxylic acids is 1. The molecule has 0 saturated carbocycles. The monoisotopic (exact) mass is 435 g/mol. The van der Waals surface area contributed by atoms with Gasteiger partial charge in [-0.15, -0.1) is 10.2 Å². The van der Waals surface area contributed by atoms with Crippen molar-refractivity contribution in [2.24, 2.45) is 0 Å². The molecule has 30 heavy (non-hydrogen) atoms. The summed E-state index contributed by atoms with van der Waals surface area (Å²) >= 11 is 0. The van der Waals surface area contributed by atoms with Gasteiger partial charge in [0, 0.05) is 38.8 Å². The van der Waals surface area contributed by atoms with Crippen LogP contribution in [0.3, 0.4) is 0 Å². The summed E-state index contributed by atoms with van der Waals surface area (Å²) in [6.45, 7) is 4.58. The normalized spacial score (nSPS) is 17.9. The Labute approximate surface area is 177 Å². The Morgan fingerprint density at radius 2 is 1.97 bits per heavy atom. The Morgan fingerprint density at radius 1 is 1.23 bits per heavy atom. The molecule has 2 heterocycles. The number of rotatable bonds is 8. The Bertz CT molecular complexity index is 956. The highest BCUT2D eigenvalue weighted by Gasteiger charge is 2.22. The fourth-order valence-corrected chi connectivity index (χ4v) is 4.52. The lowest BCUT2D eigenvalue weighted by atomic mass is 10.0. The van der Waals surface area contributed by atoms with Crippen LogP contribution in [-0.2, 0) is 10.0 Å². The largest absolute Gasteiger partial charge is 0.412 e. The SMILES string of the molecule is CC[C@H]1CCCCN1CCNC(=O)c1nnc(-c2ccc(S(=O)(=O)N(C)C)cc2)o1. The molecule has 0 unspecified atom stereocenters. The van der Waals surface area contributed by atoms with Crippen LogP contribution in [0.4, 0.5) is 0 Å². The quantitative estimate of drug-likeness (QED) is 0.675. The minimum atomic E-state index is -3.51. The first-order chi connectivity index (χ1) is 14.3. The number of amides is 1. The van der Waals surface area contributed by atoms with Gasteiger partial charge in [0.05, 0.1) is 4.90 Å². The van der Waals surface area contributed by atoms with Gasteiger partial charge in [-0.05, 0) is 50.1 Å². The van der Waals surface area contributed by atoms with E-state index in [4.69, 9.17) is 4.42 Å². The molecule has 1 N–H and O–H groups in total. The molecule has 0 spiro atoms. The van der Waals surface area contributed by atoms with E-state index in [2.05, 4.69) is 27.3 Å². The van der Waals surface area contributed by atoms with Crippen molar-refractivity contribution < 1.29 is 17.6 Å². The lowest BCUT2D eigenvalue weighted by Crippen LogP contribution is -2.43. The highest BCUT2D eigenvalue weighted by molar-refractivity contribution is 7.89. The molecule has 2 aromatic rings. The molecule has 10 heteroatoms. The van der Waals surface area contributed by atoms with E-state index in [0.717, 1.165) is 23.8 Å². The average Bonchev–Trinajstić information content (AvgIpc) is 3.24. The minimum Gasteiger partial charge on any atom is -0.412 e. The van der Waals surface area contributed by atoms with Gasteiger partial charge in [0.15, 0.2) is 0 Å². The molecular weight excluding hydrogens is 406 g/mol. The molecule has 1 aromatic heterocycles. The molecule has 1 fully saturated rings. The number of hydrogen-bond donors (Lipinski definition) is 1. The zero-order valence-corrected chi connectivity index (χ0v) is 18.5. The Hall–Kier alpha value is -2.30. The molecule has 1 saturated heterocycles. The van der Waals surface area contributed by atoms with Crippen LogP contribution in [0, 0.1) is 0 Å². The van der Waals surface area contributed by atoms with Crippen LogP contribution in [0.2, 0.25) is 0 Å². The van der Waals surface area contributed by atoms with Crippen LogP contribution in [0.15, 0.2) is 33.6 Å². The van der Waals surface area contributed by atoms with Gasteiger partial charge in [0.2, 0.25) is 15.9 Å². The van der Waals surface area contributed by atoms with Crippen LogP contribution < -0.4 is 5.32 Å². The van der Waals surface area contributed by atoms with E-state index >= 15 is 0 Å². The molecule has 1 aliphatic heterocycles. The van der Waals surface area contributed by atoms with E-state index in [9.17, 15) is 13.2 Å². The van der Waals surface area contributed by atoms with Crippen molar-refractivity contribution in [2.75, 3.05) is 33.7 Å². The first-order valence-electron chi connectivity index (χ1n) is 10.2. The van der Waals surface area contributed by atoms with Crippen molar-refractivity contribution in [1.82, 2.24) is 24.7 Å². The summed E-state index contributed by atoms with van der Waals surface area (Å²) in [6, 6.07) is 6.68. The van der Waals surface area contributed by atoms with Gasteiger partial charge >= 0.3 is 11.8 Å². The summed E-state index contributed by atoms with van der Waals surface area (Å²) in [4.78, 5) is 14.9. The molecule has 3 rings (SSSR count). The predicted octanol–water partition coefficient (Wildman–Crippen LogP) is 1.98. The number of nitrogens with zero attached hydrogens (tertiary/aromatic N) is 4. The van der Waals surface area contributed by atoms with Crippen molar-refractivity contribution in [3.05, 3.63) is 30.2 Å². The molecule has 1 amide bonds. The van der Waals surface area contributed by atoms with E-state index in [0.29, 0.717) is 18.2 Å². The standard InChI is InChI=1S/C20H29N5O4S/c1-4-16-7-5-6-13-25(16)14-12-21-18(26)20-23-22-19(29-20)15-8-10-17(11-9-15)30(27,28)24(2)3/h8-11,16H,4-7,12-14H2,1-3H3,(H,21,26)/t16-/m0/s1. The van der Waals surface area contributed by atoms with Crippen LogP contribution in [0.1, 0.15) is 43.3 Å². The number of benzene rings is 1. The summed E-state index contributed by atoms with van der Waals surface area (Å²) in [5, 5.41) is 10.6. The second kappa shape index (κ2) is 9.67. The highest BCUT2D eigenvalue weighted by Crippen LogP contribution is 2.22. The fraction of sp³-hybridized carbons (Fsp3) is 0.550. The number of sulfonamides is 1. The van der Waals surface area contributed by atoms with Crippen LogP contribution in [0.25, 0.3) is 11.5 Å². The number of likely N-dealkylation sites (tertiary alicyclic amines) is 1. The third-order valence-corrected chi connectivity index (χ3v) is 7.23. The van der Waals surface area contributed by atoms with Crippen molar-refractivity contribution >= 4 is 15.9 Å². The molecule has 1 aromatic carbocycles. The first kappa shape index (κ1) is 22.4. The summed E-state index contributed by atoms with van der Waals surface area (Å²) in [6.07, 6.45) is 4.81. The van der Waals surface area contributed by atoms with Gasteiger partial charge in [-0.3, -0.25) is 9.69 Å². The third-order valence-electron chi connectivity index (χ3n) is 5.40. The lowest BCUT2D eigenvalue weighted by molar-refractivity contribution is 0.0901. The van der Waals surface area contributed by atoms with Crippen molar-refractivity contribution in [3.63, 3.8) is 0 Å². The summed E-state index contributed by atoms with van der Waals surface area (Å²) in [5.41, 5.74) is 0.540. The fourth-order valence-electron chi connectivity index (χ4n) is 3.62. The summed E-state index contributed by atoms with van der Waals surface area (Å²) in [7, 11) is -0.567. The maximum atomic E-state index is 12.3. The third kappa shape index (κ3) is 5.05. The first-order valence-corrected chi connectivity index (χ1v) is 11.7. The van der Waals surface area contributed by atoms with Crippen molar-refractivity contribution in [2.45, 2.75) is 43.5 Å². The lowest BCUT2D eigenvalue weighted by Gasteiger charge is -2.35. The van der Waals surface area contributed by atoms with Gasteiger partial charge in [-0.25, -0.2) is 12.7 Å². The van der Waals surface area contributed by atoms with E-state index in [1.807, 2.05) is 0 Å². The molecule has 0 bridgehead atoms. The van der Waals surface area contributed by atoms with Gasteiger partial charge in [0.25, 0.3) is 0 Å². The summed E-state index contributed by atoms with van der Waals surface area (Å²) < 4.78 is 30.9. The number of nitrogens with one attached hydrogen (secondary N) is 1. The summed E-state index contributed by atoms with van der Waals surface area (Å²) in [5.74, 6) is -0.359. The Kier molecular flexibility index (Phi) is 7.22. The zero-order valence-electron chi connectivity index (χ0n) is 17.7. The Balaban J connectivity index is 1.58. The molecule has 1 aliphatic rings. The van der Waals surface area contributed by atoms with E-state index in [1.54, 1.807) is 12.1 Å². The minimum absolute atomic E-state index is 0.110. The van der Waals surface area contributed by atoms with E-state index < -0.39 is 15.9 Å². The predicted molar refractivity (Wildman–Crippen MR) is 112 cm³/mol. The van der Waals surface area contributed by atoms with E-state index in [1.165, 1.54) is 45.5 Å². The van der Waals surface area contributed by atoms with Crippen LogP contribution in [0.5, 0.6) is 0 Å². The topological polar surface area (TPSA) is 109 Å². The molecule has 0 radical (unpaired) electrons. The van der Waals surface area contributed by atoms with Crippen molar-refractivity contribution in [3.8, 4) is 11.5 Å². The van der Waals surface area contributed by atoms with Crippen LogP contribution >= 0.6 is 0 Å². The molecule has 9 nitrogen and oxygen atoms in total. The maximum absolute atomic E-state index is 12.3.